The molecular weight excluding hydrogens is 266 g/mol. The number of nitrogens with one attached hydrogen (secondary N) is 1. The van der Waals surface area contributed by atoms with Gasteiger partial charge in [-0.3, -0.25) is 9.59 Å². The summed E-state index contributed by atoms with van der Waals surface area (Å²) in [5.41, 5.74) is 0.796. The second-order valence-electron chi connectivity index (χ2n) is 6.41. The Morgan fingerprint density at radius 1 is 1.05 bits per heavy atom. The number of carboxylic acid groups (broad SMARTS) is 1. The van der Waals surface area contributed by atoms with Gasteiger partial charge in [0, 0.05) is 5.69 Å². The van der Waals surface area contributed by atoms with Crippen molar-refractivity contribution in [2.75, 3.05) is 5.32 Å². The van der Waals surface area contributed by atoms with Crippen molar-refractivity contribution in [3.8, 4) is 0 Å². The second-order valence-corrected chi connectivity index (χ2v) is 6.41. The minimum Gasteiger partial charge on any atom is -0.481 e. The van der Waals surface area contributed by atoms with Gasteiger partial charge in [-0.05, 0) is 42.2 Å². The molecule has 0 unspecified atom stereocenters. The van der Waals surface area contributed by atoms with Gasteiger partial charge in [0.25, 0.3) is 0 Å². The van der Waals surface area contributed by atoms with Gasteiger partial charge in [-0.2, -0.15) is 0 Å². The fourth-order valence-electron chi connectivity index (χ4n) is 4.44. The fraction of sp³-hybridized carbons (Fsp3) is 0.412. The van der Waals surface area contributed by atoms with Gasteiger partial charge in [0.15, 0.2) is 0 Å². The Morgan fingerprint density at radius 3 is 2.24 bits per heavy atom. The van der Waals surface area contributed by atoms with Crippen molar-refractivity contribution in [2.24, 2.45) is 29.1 Å². The summed E-state index contributed by atoms with van der Waals surface area (Å²) in [5, 5.41) is 12.4. The minimum atomic E-state index is -0.841. The van der Waals surface area contributed by atoms with E-state index in [-0.39, 0.29) is 23.2 Å². The summed E-state index contributed by atoms with van der Waals surface area (Å²) < 4.78 is 0. The van der Waals surface area contributed by atoms with Crippen LogP contribution < -0.4 is 5.32 Å². The first-order chi connectivity index (χ1) is 10.1. The van der Waals surface area contributed by atoms with Crippen molar-refractivity contribution >= 4 is 17.6 Å². The molecule has 0 radical (unpaired) electrons. The number of carbonyl (C=O) groups excluding carboxylic acids is 1. The Balaban J connectivity index is 1.63. The third-order valence-corrected chi connectivity index (χ3v) is 5.47. The van der Waals surface area contributed by atoms with Gasteiger partial charge in [0.2, 0.25) is 5.91 Å². The van der Waals surface area contributed by atoms with E-state index < -0.39 is 17.8 Å². The molecule has 0 saturated heterocycles. The molecule has 4 atom stereocenters. The molecule has 2 saturated carbocycles. The van der Waals surface area contributed by atoms with Crippen molar-refractivity contribution in [2.45, 2.75) is 12.8 Å². The highest BCUT2D eigenvalue weighted by Gasteiger charge is 2.70. The van der Waals surface area contributed by atoms with E-state index in [9.17, 15) is 14.7 Å². The number of anilines is 1. The van der Waals surface area contributed by atoms with Gasteiger partial charge < -0.3 is 10.4 Å². The lowest BCUT2D eigenvalue weighted by molar-refractivity contribution is -0.146. The number of carbonyl (C=O) groups is 2. The number of carboxylic acids is 1. The molecule has 0 aliphatic heterocycles. The van der Waals surface area contributed by atoms with Crippen LogP contribution >= 0.6 is 0 Å². The van der Waals surface area contributed by atoms with Crippen molar-refractivity contribution in [3.63, 3.8) is 0 Å². The second kappa shape index (κ2) is 4.20. The zero-order valence-electron chi connectivity index (χ0n) is 11.5. The first-order valence-corrected chi connectivity index (χ1v) is 7.40. The van der Waals surface area contributed by atoms with Gasteiger partial charge in [-0.25, -0.2) is 0 Å². The van der Waals surface area contributed by atoms with E-state index in [0.29, 0.717) is 0 Å². The quantitative estimate of drug-likeness (QED) is 0.838. The van der Waals surface area contributed by atoms with Gasteiger partial charge >= 0.3 is 5.97 Å². The Labute approximate surface area is 122 Å². The number of aliphatic carboxylic acids is 1. The Hall–Kier alpha value is -2.10. The predicted octanol–water partition coefficient (Wildman–Crippen LogP) is 2.54. The zero-order chi connectivity index (χ0) is 14.6. The molecule has 1 spiro atoms. The van der Waals surface area contributed by atoms with Gasteiger partial charge in [0.1, 0.15) is 0 Å². The largest absolute Gasteiger partial charge is 0.481 e. The molecule has 2 N–H and O–H groups in total. The summed E-state index contributed by atoms with van der Waals surface area (Å²) in [7, 11) is 0. The van der Waals surface area contributed by atoms with Crippen LogP contribution in [-0.4, -0.2) is 17.0 Å². The molecule has 4 nitrogen and oxygen atoms in total. The Bertz CT molecular complexity index is 633. The molecule has 1 aromatic rings. The summed E-state index contributed by atoms with van der Waals surface area (Å²) in [6.07, 6.45) is 6.21. The van der Waals surface area contributed by atoms with E-state index in [0.717, 1.165) is 18.5 Å². The van der Waals surface area contributed by atoms with Crippen molar-refractivity contribution < 1.29 is 14.7 Å². The molecule has 2 bridgehead atoms. The summed E-state index contributed by atoms with van der Waals surface area (Å²) in [6.45, 7) is 0. The van der Waals surface area contributed by atoms with Crippen LogP contribution in [0, 0.1) is 29.1 Å². The Morgan fingerprint density at radius 2 is 1.67 bits per heavy atom. The average molecular weight is 283 g/mol. The number of benzene rings is 1. The monoisotopic (exact) mass is 283 g/mol. The molecule has 1 aromatic carbocycles. The van der Waals surface area contributed by atoms with Crippen LogP contribution in [0.3, 0.4) is 0 Å². The van der Waals surface area contributed by atoms with E-state index in [1.807, 2.05) is 36.4 Å². The SMILES string of the molecule is O=C(Nc1ccccc1)[C@@H]1[C@H](C(=O)O)[C@H]2C=C[C@H]1C21CC1. The normalized spacial score (nSPS) is 34.1. The van der Waals surface area contributed by atoms with Crippen LogP contribution in [0.5, 0.6) is 0 Å². The van der Waals surface area contributed by atoms with E-state index in [2.05, 4.69) is 11.4 Å². The average Bonchev–Trinajstić information content (AvgIpc) is 3.13. The zero-order valence-corrected chi connectivity index (χ0v) is 11.5. The lowest BCUT2D eigenvalue weighted by Crippen LogP contribution is -2.36. The topological polar surface area (TPSA) is 66.4 Å². The first-order valence-electron chi connectivity index (χ1n) is 7.40. The number of rotatable bonds is 3. The number of amides is 1. The van der Waals surface area contributed by atoms with Crippen LogP contribution in [0.2, 0.25) is 0 Å². The number of hydrogen-bond donors (Lipinski definition) is 2. The molecule has 1 amide bonds. The highest BCUT2D eigenvalue weighted by molar-refractivity contribution is 5.96. The molecule has 3 aliphatic rings. The third kappa shape index (κ3) is 1.68. The molecule has 0 aromatic heterocycles. The molecule has 4 heteroatoms. The van der Waals surface area contributed by atoms with Gasteiger partial charge in [-0.15, -0.1) is 0 Å². The van der Waals surface area contributed by atoms with Gasteiger partial charge in [-0.1, -0.05) is 30.4 Å². The van der Waals surface area contributed by atoms with E-state index in [1.165, 1.54) is 0 Å². The van der Waals surface area contributed by atoms with Crippen molar-refractivity contribution in [3.05, 3.63) is 42.5 Å². The lowest BCUT2D eigenvalue weighted by atomic mass is 9.82. The highest BCUT2D eigenvalue weighted by Crippen LogP contribution is 2.72. The summed E-state index contributed by atoms with van der Waals surface area (Å²) in [5.74, 6) is -1.90. The first kappa shape index (κ1) is 12.6. The van der Waals surface area contributed by atoms with Crippen LogP contribution in [0.25, 0.3) is 0 Å². The minimum absolute atomic E-state index is 0.0338. The number of allylic oxidation sites excluding steroid dienone is 2. The standard InChI is InChI=1S/C17H17NO3/c19-15(18-10-4-2-1-3-5-10)13-11-6-7-12(14(13)16(20)21)17(11)8-9-17/h1-7,11-14H,8-9H2,(H,18,19)(H,20,21)/t11-,12-,13+,14-/m1/s1. The maximum atomic E-state index is 12.6. The molecule has 4 rings (SSSR count). The molecule has 3 aliphatic carbocycles. The number of hydrogen-bond acceptors (Lipinski definition) is 2. The summed E-state index contributed by atoms with van der Waals surface area (Å²) >= 11 is 0. The van der Waals surface area contributed by atoms with Crippen LogP contribution in [0.1, 0.15) is 12.8 Å². The number of para-hydroxylation sites is 1. The molecule has 21 heavy (non-hydrogen) atoms. The third-order valence-electron chi connectivity index (χ3n) is 5.47. The fourth-order valence-corrected chi connectivity index (χ4v) is 4.44. The van der Waals surface area contributed by atoms with E-state index >= 15 is 0 Å². The summed E-state index contributed by atoms with van der Waals surface area (Å²) in [6, 6.07) is 9.24. The van der Waals surface area contributed by atoms with E-state index in [1.54, 1.807) is 0 Å². The van der Waals surface area contributed by atoms with Crippen LogP contribution in [0.4, 0.5) is 5.69 Å². The van der Waals surface area contributed by atoms with Crippen LogP contribution in [-0.2, 0) is 9.59 Å². The highest BCUT2D eigenvalue weighted by atomic mass is 16.4. The molecular formula is C17H17NO3. The van der Waals surface area contributed by atoms with Crippen molar-refractivity contribution in [1.82, 2.24) is 0 Å². The molecule has 108 valence electrons. The maximum Gasteiger partial charge on any atom is 0.307 e. The lowest BCUT2D eigenvalue weighted by Gasteiger charge is -2.23. The van der Waals surface area contributed by atoms with Crippen LogP contribution in [0.15, 0.2) is 42.5 Å². The predicted molar refractivity (Wildman–Crippen MR) is 77.5 cm³/mol. The smallest absolute Gasteiger partial charge is 0.307 e. The van der Waals surface area contributed by atoms with E-state index in [4.69, 9.17) is 0 Å². The van der Waals surface area contributed by atoms with Gasteiger partial charge in [0.05, 0.1) is 11.8 Å². The maximum absolute atomic E-state index is 12.6. The molecule has 0 heterocycles. The Kier molecular flexibility index (Phi) is 2.52. The summed E-state index contributed by atoms with van der Waals surface area (Å²) in [4.78, 5) is 24.3. The van der Waals surface area contributed by atoms with Crippen molar-refractivity contribution in [1.29, 1.82) is 0 Å². The molecule has 2 fully saturated rings.